The van der Waals surface area contributed by atoms with Crippen LogP contribution in [0, 0.1) is 0 Å². The van der Waals surface area contributed by atoms with Crippen LogP contribution >= 0.6 is 0 Å². The Morgan fingerprint density at radius 1 is 1.18 bits per heavy atom. The van der Waals surface area contributed by atoms with E-state index >= 15 is 0 Å². The Hall–Kier alpha value is -2.86. The first kappa shape index (κ1) is 18.5. The van der Waals surface area contributed by atoms with Crippen LogP contribution in [0.3, 0.4) is 0 Å². The van der Waals surface area contributed by atoms with Gasteiger partial charge in [0.05, 0.1) is 23.9 Å². The van der Waals surface area contributed by atoms with Crippen molar-refractivity contribution in [1.29, 1.82) is 0 Å². The fourth-order valence-corrected chi connectivity index (χ4v) is 3.69. The minimum absolute atomic E-state index is 0.641. The second-order valence-electron chi connectivity index (χ2n) is 7.28. The number of nitrogens with zero attached hydrogens (tertiary/aromatic N) is 3. The van der Waals surface area contributed by atoms with E-state index in [0.717, 1.165) is 47.7 Å². The van der Waals surface area contributed by atoms with E-state index in [1.165, 1.54) is 24.8 Å². The zero-order valence-corrected chi connectivity index (χ0v) is 16.5. The van der Waals surface area contributed by atoms with Crippen LogP contribution in [0.5, 0.6) is 5.75 Å². The Morgan fingerprint density at radius 3 is 2.79 bits per heavy atom. The predicted molar refractivity (Wildman–Crippen MR) is 114 cm³/mol. The molecule has 0 unspecified atom stereocenters. The molecule has 0 saturated carbocycles. The molecule has 0 amide bonds. The van der Waals surface area contributed by atoms with E-state index in [9.17, 15) is 0 Å². The summed E-state index contributed by atoms with van der Waals surface area (Å²) in [6.45, 7) is 5.24. The monoisotopic (exact) mass is 377 g/mol. The predicted octanol–water partition coefficient (Wildman–Crippen LogP) is 4.39. The van der Waals surface area contributed by atoms with Crippen LogP contribution in [0.2, 0.25) is 0 Å². The van der Waals surface area contributed by atoms with Gasteiger partial charge in [0.25, 0.3) is 0 Å². The standard InChI is InChI=1S/C22H27N5O/c1-16(25-26-22-23-19-8-4-5-9-20(19)24-22)17-10-11-21(28-2)18(14-17)15-27-12-6-3-7-13-27/h4-5,8-11,14H,3,6-7,12-13,15H2,1-2H3,(H2,23,24,26)/b25-16-. The van der Waals surface area contributed by atoms with Gasteiger partial charge in [-0.1, -0.05) is 18.6 Å². The number of likely N-dealkylation sites (tertiary alicyclic amines) is 1. The summed E-state index contributed by atoms with van der Waals surface area (Å²) < 4.78 is 5.59. The third-order valence-corrected chi connectivity index (χ3v) is 5.26. The van der Waals surface area contributed by atoms with Gasteiger partial charge in [0.1, 0.15) is 5.75 Å². The molecule has 1 aliphatic rings. The number of ether oxygens (including phenoxy) is 1. The van der Waals surface area contributed by atoms with Gasteiger partial charge in [0, 0.05) is 12.1 Å². The number of fused-ring (bicyclic) bond motifs is 1. The Balaban J connectivity index is 1.51. The van der Waals surface area contributed by atoms with Crippen molar-refractivity contribution in [2.75, 3.05) is 25.6 Å². The van der Waals surface area contributed by atoms with E-state index in [2.05, 4.69) is 37.5 Å². The largest absolute Gasteiger partial charge is 0.496 e. The van der Waals surface area contributed by atoms with Gasteiger partial charge >= 0.3 is 0 Å². The zero-order valence-electron chi connectivity index (χ0n) is 16.5. The molecule has 146 valence electrons. The summed E-state index contributed by atoms with van der Waals surface area (Å²) >= 11 is 0. The normalized spacial score (nSPS) is 15.7. The number of piperidine rings is 1. The average molecular weight is 377 g/mol. The van der Waals surface area contributed by atoms with Gasteiger partial charge < -0.3 is 9.72 Å². The number of anilines is 1. The highest BCUT2D eigenvalue weighted by Crippen LogP contribution is 2.24. The number of rotatable bonds is 6. The number of nitrogens with one attached hydrogen (secondary N) is 2. The third-order valence-electron chi connectivity index (χ3n) is 5.26. The summed E-state index contributed by atoms with van der Waals surface area (Å²) in [6.07, 6.45) is 3.90. The second-order valence-corrected chi connectivity index (χ2v) is 7.28. The molecular formula is C22H27N5O. The number of benzene rings is 2. The summed E-state index contributed by atoms with van der Waals surface area (Å²) in [5, 5.41) is 4.52. The number of aromatic nitrogens is 2. The summed E-state index contributed by atoms with van der Waals surface area (Å²) in [6, 6.07) is 14.2. The molecule has 6 heteroatoms. The van der Waals surface area contributed by atoms with E-state index in [-0.39, 0.29) is 0 Å². The molecule has 2 heterocycles. The fraction of sp³-hybridized carbons (Fsp3) is 0.364. The third kappa shape index (κ3) is 4.17. The SMILES string of the molecule is COc1ccc(/C(C)=N\Nc2nc3ccccc3[nH]2)cc1CN1CCCCC1. The molecule has 2 aromatic carbocycles. The van der Waals surface area contributed by atoms with Gasteiger partial charge in [0.15, 0.2) is 0 Å². The molecule has 1 aromatic heterocycles. The molecule has 1 fully saturated rings. The highest BCUT2D eigenvalue weighted by Gasteiger charge is 2.14. The Kier molecular flexibility index (Phi) is 5.58. The van der Waals surface area contributed by atoms with E-state index in [0.29, 0.717) is 5.95 Å². The molecule has 0 spiro atoms. The van der Waals surface area contributed by atoms with E-state index in [4.69, 9.17) is 4.74 Å². The molecule has 3 aromatic rings. The minimum atomic E-state index is 0.641. The van der Waals surface area contributed by atoms with Gasteiger partial charge in [-0.25, -0.2) is 10.4 Å². The van der Waals surface area contributed by atoms with Crippen LogP contribution in [0.1, 0.15) is 37.3 Å². The maximum Gasteiger partial charge on any atom is 0.222 e. The molecule has 28 heavy (non-hydrogen) atoms. The van der Waals surface area contributed by atoms with Gasteiger partial charge in [-0.2, -0.15) is 5.10 Å². The second kappa shape index (κ2) is 8.44. The Bertz CT molecular complexity index is 939. The van der Waals surface area contributed by atoms with Crippen LogP contribution in [0.4, 0.5) is 5.95 Å². The minimum Gasteiger partial charge on any atom is -0.496 e. The number of hydrogen-bond donors (Lipinski definition) is 2. The van der Waals surface area contributed by atoms with Crippen molar-refractivity contribution in [1.82, 2.24) is 14.9 Å². The van der Waals surface area contributed by atoms with Crippen LogP contribution < -0.4 is 10.2 Å². The molecule has 0 aliphatic carbocycles. The Labute approximate surface area is 165 Å². The van der Waals surface area contributed by atoms with Crippen molar-refractivity contribution in [3.63, 3.8) is 0 Å². The number of H-pyrrole nitrogens is 1. The maximum absolute atomic E-state index is 5.59. The molecule has 1 aliphatic heterocycles. The highest BCUT2D eigenvalue weighted by atomic mass is 16.5. The smallest absolute Gasteiger partial charge is 0.222 e. The summed E-state index contributed by atoms with van der Waals surface area (Å²) in [5.74, 6) is 1.58. The fourth-order valence-electron chi connectivity index (χ4n) is 3.69. The van der Waals surface area contributed by atoms with Gasteiger partial charge in [-0.05, 0) is 68.8 Å². The molecule has 0 atom stereocenters. The van der Waals surface area contributed by atoms with E-state index in [1.54, 1.807) is 7.11 Å². The lowest BCUT2D eigenvalue weighted by atomic mass is 10.0. The van der Waals surface area contributed by atoms with Crippen LogP contribution in [0.25, 0.3) is 11.0 Å². The number of methoxy groups -OCH3 is 1. The number of hydrogen-bond acceptors (Lipinski definition) is 5. The number of hydrazone groups is 1. The molecule has 2 N–H and O–H groups in total. The first-order valence-corrected chi connectivity index (χ1v) is 9.87. The highest BCUT2D eigenvalue weighted by molar-refractivity contribution is 5.99. The molecule has 1 saturated heterocycles. The number of aromatic amines is 1. The van der Waals surface area contributed by atoms with Crippen LogP contribution in [-0.2, 0) is 6.54 Å². The molecular weight excluding hydrogens is 350 g/mol. The molecule has 4 rings (SSSR count). The summed E-state index contributed by atoms with van der Waals surface area (Å²) in [7, 11) is 1.73. The topological polar surface area (TPSA) is 65.5 Å². The van der Waals surface area contributed by atoms with Crippen LogP contribution in [-0.4, -0.2) is 40.8 Å². The van der Waals surface area contributed by atoms with Crippen molar-refractivity contribution in [2.45, 2.75) is 32.7 Å². The van der Waals surface area contributed by atoms with E-state index in [1.807, 2.05) is 37.3 Å². The van der Waals surface area contributed by atoms with Crippen molar-refractivity contribution >= 4 is 22.7 Å². The molecule has 0 radical (unpaired) electrons. The van der Waals surface area contributed by atoms with Gasteiger partial charge in [-0.3, -0.25) is 4.90 Å². The first-order chi connectivity index (χ1) is 13.7. The lowest BCUT2D eigenvalue weighted by molar-refractivity contribution is 0.218. The van der Waals surface area contributed by atoms with Crippen molar-refractivity contribution in [3.8, 4) is 5.75 Å². The lowest BCUT2D eigenvalue weighted by Crippen LogP contribution is -2.29. The zero-order chi connectivity index (χ0) is 19.3. The Morgan fingerprint density at radius 2 is 2.00 bits per heavy atom. The van der Waals surface area contributed by atoms with Crippen LogP contribution in [0.15, 0.2) is 47.6 Å². The van der Waals surface area contributed by atoms with Gasteiger partial charge in [0.2, 0.25) is 5.95 Å². The molecule has 0 bridgehead atoms. The quantitative estimate of drug-likeness (QED) is 0.494. The summed E-state index contributed by atoms with van der Waals surface area (Å²) in [5.41, 5.74) is 8.15. The number of para-hydroxylation sites is 2. The average Bonchev–Trinajstić information content (AvgIpc) is 3.16. The van der Waals surface area contributed by atoms with Crippen molar-refractivity contribution in [2.24, 2.45) is 5.10 Å². The van der Waals surface area contributed by atoms with E-state index < -0.39 is 0 Å². The summed E-state index contributed by atoms with van der Waals surface area (Å²) in [4.78, 5) is 10.2. The molecule has 6 nitrogen and oxygen atoms in total. The van der Waals surface area contributed by atoms with Crippen molar-refractivity contribution < 1.29 is 4.74 Å². The first-order valence-electron chi connectivity index (χ1n) is 9.87. The maximum atomic E-state index is 5.59. The number of imidazole rings is 1. The lowest BCUT2D eigenvalue weighted by Gasteiger charge is -2.27. The van der Waals surface area contributed by atoms with Gasteiger partial charge in [-0.15, -0.1) is 0 Å². The van der Waals surface area contributed by atoms with Crippen molar-refractivity contribution in [3.05, 3.63) is 53.6 Å².